The SMILES string of the molecule is C/C(=C\C(=N)C(F)F)c1ccc(OCC(C)CC(C)N)c(C(F)F)n1.CC. The Hall–Kier alpha value is -1.96. The molecule has 0 radical (unpaired) electrons. The van der Waals surface area contributed by atoms with Crippen molar-refractivity contribution in [3.05, 3.63) is 29.6 Å². The number of hydrogen-bond acceptors (Lipinski definition) is 4. The molecule has 0 aliphatic rings. The number of hydrogen-bond donors (Lipinski definition) is 2. The maximum Gasteiger partial charge on any atom is 0.284 e. The zero-order valence-corrected chi connectivity index (χ0v) is 16.4. The predicted octanol–water partition coefficient (Wildman–Crippen LogP) is 5.49. The van der Waals surface area contributed by atoms with Crippen LogP contribution in [0.3, 0.4) is 0 Å². The molecule has 1 rings (SSSR count). The van der Waals surface area contributed by atoms with Crippen molar-refractivity contribution in [3.8, 4) is 5.75 Å². The number of pyridine rings is 1. The van der Waals surface area contributed by atoms with Crippen molar-refractivity contribution in [1.82, 2.24) is 4.98 Å². The molecule has 0 aliphatic carbocycles. The molecule has 0 bridgehead atoms. The standard InChI is InChI=1S/C17H23F4N3O.C2H6/c1-9(6-11(3)22)8-25-14-5-4-13(24-15(14)17(20)21)10(2)7-12(23)16(18)19;1-2/h4-5,7,9,11,16-17,23H,6,8,22H2,1-3H3;1-2H3/b10-7+,23-12?;. The Kier molecular flexibility index (Phi) is 11.5. The van der Waals surface area contributed by atoms with Crippen molar-refractivity contribution >= 4 is 11.3 Å². The Labute approximate surface area is 158 Å². The molecule has 2 unspecified atom stereocenters. The molecular formula is C19H29F4N3O. The van der Waals surface area contributed by atoms with Crippen LogP contribution in [-0.2, 0) is 0 Å². The minimum absolute atomic E-state index is 0.0217. The van der Waals surface area contributed by atoms with Gasteiger partial charge in [0.05, 0.1) is 18.0 Å². The minimum Gasteiger partial charge on any atom is -0.491 e. The van der Waals surface area contributed by atoms with Crippen molar-refractivity contribution in [2.45, 2.75) is 59.9 Å². The van der Waals surface area contributed by atoms with Gasteiger partial charge in [-0.1, -0.05) is 20.8 Å². The Bertz CT molecular complexity index is 619. The molecule has 8 heteroatoms. The Balaban J connectivity index is 0.00000326. The number of allylic oxidation sites excluding steroid dienone is 2. The van der Waals surface area contributed by atoms with Gasteiger partial charge in [-0.25, -0.2) is 22.5 Å². The molecule has 0 aliphatic heterocycles. The fourth-order valence-corrected chi connectivity index (χ4v) is 2.27. The van der Waals surface area contributed by atoms with Gasteiger partial charge in [0.2, 0.25) is 0 Å². The third-order valence-corrected chi connectivity index (χ3v) is 3.40. The van der Waals surface area contributed by atoms with E-state index in [-0.39, 0.29) is 35.6 Å². The zero-order chi connectivity index (χ0) is 21.1. The molecule has 0 saturated heterocycles. The Morgan fingerprint density at radius 1 is 1.22 bits per heavy atom. The molecule has 0 aromatic carbocycles. The lowest BCUT2D eigenvalue weighted by molar-refractivity contribution is 0.137. The van der Waals surface area contributed by atoms with Crippen molar-refractivity contribution in [1.29, 1.82) is 5.41 Å². The summed E-state index contributed by atoms with van der Waals surface area (Å²) in [5, 5.41) is 7.14. The summed E-state index contributed by atoms with van der Waals surface area (Å²) >= 11 is 0. The summed E-state index contributed by atoms with van der Waals surface area (Å²) < 4.78 is 56.7. The molecule has 3 N–H and O–H groups in total. The molecular weight excluding hydrogens is 362 g/mol. The van der Waals surface area contributed by atoms with E-state index in [0.717, 1.165) is 6.08 Å². The lowest BCUT2D eigenvalue weighted by Crippen LogP contribution is -2.21. The minimum atomic E-state index is -2.93. The van der Waals surface area contributed by atoms with E-state index in [0.29, 0.717) is 6.42 Å². The number of alkyl halides is 4. The highest BCUT2D eigenvalue weighted by Crippen LogP contribution is 2.29. The molecule has 2 atom stereocenters. The number of nitrogens with one attached hydrogen (secondary N) is 1. The summed E-state index contributed by atoms with van der Waals surface area (Å²) in [6, 6.07) is 2.72. The highest BCUT2D eigenvalue weighted by Gasteiger charge is 2.19. The molecule has 0 spiro atoms. The summed E-state index contributed by atoms with van der Waals surface area (Å²) in [4.78, 5) is 3.81. The normalized spacial score (nSPS) is 13.9. The quantitative estimate of drug-likeness (QED) is 0.432. The lowest BCUT2D eigenvalue weighted by atomic mass is 10.0. The van der Waals surface area contributed by atoms with Gasteiger partial charge in [-0.05, 0) is 50.0 Å². The number of nitrogens with two attached hydrogens (primary N) is 1. The van der Waals surface area contributed by atoms with Gasteiger partial charge in [0.25, 0.3) is 12.9 Å². The largest absolute Gasteiger partial charge is 0.491 e. The van der Waals surface area contributed by atoms with Crippen LogP contribution < -0.4 is 10.5 Å². The monoisotopic (exact) mass is 391 g/mol. The van der Waals surface area contributed by atoms with E-state index >= 15 is 0 Å². The molecule has 0 amide bonds. The average molecular weight is 391 g/mol. The van der Waals surface area contributed by atoms with E-state index in [4.69, 9.17) is 15.9 Å². The fraction of sp³-hybridized carbons (Fsp3) is 0.579. The second-order valence-corrected chi connectivity index (χ2v) is 6.09. The maximum absolute atomic E-state index is 13.3. The first-order chi connectivity index (χ1) is 12.6. The van der Waals surface area contributed by atoms with E-state index in [1.165, 1.54) is 19.1 Å². The number of halogens is 4. The smallest absolute Gasteiger partial charge is 0.284 e. The van der Waals surface area contributed by atoms with Gasteiger partial charge < -0.3 is 10.5 Å². The Morgan fingerprint density at radius 2 is 1.81 bits per heavy atom. The van der Waals surface area contributed by atoms with E-state index < -0.39 is 24.3 Å². The third kappa shape index (κ3) is 8.99. The first-order valence-corrected chi connectivity index (χ1v) is 8.84. The molecule has 0 fully saturated rings. The number of nitrogens with zero attached hydrogens (tertiary/aromatic N) is 1. The second-order valence-electron chi connectivity index (χ2n) is 6.09. The predicted molar refractivity (Wildman–Crippen MR) is 101 cm³/mol. The van der Waals surface area contributed by atoms with Gasteiger partial charge in [-0.3, -0.25) is 5.41 Å². The first kappa shape index (κ1) is 25.0. The van der Waals surface area contributed by atoms with E-state index in [1.54, 1.807) is 0 Å². The number of aromatic nitrogens is 1. The van der Waals surface area contributed by atoms with Crippen molar-refractivity contribution < 1.29 is 22.3 Å². The third-order valence-electron chi connectivity index (χ3n) is 3.40. The summed E-state index contributed by atoms with van der Waals surface area (Å²) in [6.45, 7) is 9.40. The summed E-state index contributed by atoms with van der Waals surface area (Å²) in [6.07, 6.45) is -4.21. The van der Waals surface area contributed by atoms with Crippen LogP contribution >= 0.6 is 0 Å². The molecule has 1 heterocycles. The average Bonchev–Trinajstić information content (AvgIpc) is 2.60. The van der Waals surface area contributed by atoms with Crippen LogP contribution in [0.4, 0.5) is 17.6 Å². The van der Waals surface area contributed by atoms with E-state index in [9.17, 15) is 17.6 Å². The van der Waals surface area contributed by atoms with Crippen molar-refractivity contribution in [3.63, 3.8) is 0 Å². The lowest BCUT2D eigenvalue weighted by Gasteiger charge is -2.17. The maximum atomic E-state index is 13.3. The van der Waals surface area contributed by atoms with Crippen molar-refractivity contribution in [2.75, 3.05) is 6.61 Å². The molecule has 27 heavy (non-hydrogen) atoms. The molecule has 1 aromatic heterocycles. The summed E-state index contributed by atoms with van der Waals surface area (Å²) in [5.74, 6) is 0.0327. The van der Waals surface area contributed by atoms with Crippen LogP contribution in [0, 0.1) is 11.3 Å². The highest BCUT2D eigenvalue weighted by molar-refractivity contribution is 6.00. The van der Waals surface area contributed by atoms with Gasteiger partial charge in [0.15, 0.2) is 0 Å². The molecule has 154 valence electrons. The highest BCUT2D eigenvalue weighted by atomic mass is 19.3. The number of ether oxygens (including phenoxy) is 1. The molecule has 1 aromatic rings. The van der Waals surface area contributed by atoms with Crippen LogP contribution in [0.2, 0.25) is 0 Å². The fourth-order valence-electron chi connectivity index (χ4n) is 2.27. The first-order valence-electron chi connectivity index (χ1n) is 8.84. The second kappa shape index (κ2) is 12.4. The summed E-state index contributed by atoms with van der Waals surface area (Å²) in [5.41, 5.74) is 4.53. The van der Waals surface area contributed by atoms with Crippen LogP contribution in [0.5, 0.6) is 5.75 Å². The van der Waals surface area contributed by atoms with Gasteiger partial charge in [0, 0.05) is 6.04 Å². The van der Waals surface area contributed by atoms with Gasteiger partial charge >= 0.3 is 0 Å². The van der Waals surface area contributed by atoms with Crippen LogP contribution in [0.25, 0.3) is 5.57 Å². The van der Waals surface area contributed by atoms with Crippen molar-refractivity contribution in [2.24, 2.45) is 11.7 Å². The van der Waals surface area contributed by atoms with Gasteiger partial charge in [0.1, 0.15) is 11.4 Å². The van der Waals surface area contributed by atoms with E-state index in [1.807, 2.05) is 27.7 Å². The van der Waals surface area contributed by atoms with Crippen LogP contribution in [-0.4, -0.2) is 29.8 Å². The van der Waals surface area contributed by atoms with E-state index in [2.05, 4.69) is 4.98 Å². The molecule has 0 saturated carbocycles. The summed E-state index contributed by atoms with van der Waals surface area (Å²) in [7, 11) is 0. The van der Waals surface area contributed by atoms with Gasteiger partial charge in [-0.15, -0.1) is 0 Å². The zero-order valence-electron chi connectivity index (χ0n) is 16.4. The molecule has 4 nitrogen and oxygen atoms in total. The van der Waals surface area contributed by atoms with Crippen LogP contribution in [0.1, 0.15) is 58.9 Å². The van der Waals surface area contributed by atoms with Crippen LogP contribution in [0.15, 0.2) is 18.2 Å². The van der Waals surface area contributed by atoms with Gasteiger partial charge in [-0.2, -0.15) is 0 Å². The topological polar surface area (TPSA) is 72.0 Å². The Morgan fingerprint density at radius 3 is 2.30 bits per heavy atom. The number of rotatable bonds is 9.